The van der Waals surface area contributed by atoms with Crippen molar-refractivity contribution in [2.45, 2.75) is 31.8 Å². The third kappa shape index (κ3) is 3.17. The summed E-state index contributed by atoms with van der Waals surface area (Å²) in [5.41, 5.74) is 2.18. The molecule has 1 aliphatic heterocycles. The minimum atomic E-state index is 0.131. The van der Waals surface area contributed by atoms with Crippen molar-refractivity contribution in [3.63, 3.8) is 0 Å². The van der Waals surface area contributed by atoms with Crippen molar-refractivity contribution in [1.82, 2.24) is 14.5 Å². The standard InChI is InChI=1S/C21H23N3O2/c1-26-18-7-8-19-16(13-18)9-12-23(19)15-21(25)24-11-3-2-6-20(24)17-5-4-10-22-14-17/h4-5,7-10,12-14,20H,2-3,6,11,15H2,1H3. The van der Waals surface area contributed by atoms with Crippen LogP contribution in [0.25, 0.3) is 10.9 Å². The number of hydrogen-bond donors (Lipinski definition) is 0. The van der Waals surface area contributed by atoms with Gasteiger partial charge >= 0.3 is 0 Å². The number of fused-ring (bicyclic) bond motifs is 1. The maximum Gasteiger partial charge on any atom is 0.243 e. The molecule has 4 rings (SSSR count). The average molecular weight is 349 g/mol. The molecule has 0 N–H and O–H groups in total. The summed E-state index contributed by atoms with van der Waals surface area (Å²) >= 11 is 0. The Morgan fingerprint density at radius 3 is 3.00 bits per heavy atom. The zero-order chi connectivity index (χ0) is 17.9. The van der Waals surface area contributed by atoms with Crippen LogP contribution < -0.4 is 4.74 Å². The smallest absolute Gasteiger partial charge is 0.243 e. The van der Waals surface area contributed by atoms with Crippen LogP contribution in [0, 0.1) is 0 Å². The van der Waals surface area contributed by atoms with Gasteiger partial charge < -0.3 is 14.2 Å². The van der Waals surface area contributed by atoms with Crippen molar-refractivity contribution < 1.29 is 9.53 Å². The van der Waals surface area contributed by atoms with Crippen LogP contribution in [-0.4, -0.2) is 34.0 Å². The van der Waals surface area contributed by atoms with Gasteiger partial charge in [0, 0.05) is 36.0 Å². The Morgan fingerprint density at radius 1 is 1.27 bits per heavy atom. The lowest BCUT2D eigenvalue weighted by Crippen LogP contribution is -2.40. The van der Waals surface area contributed by atoms with E-state index in [1.807, 2.05) is 52.2 Å². The fourth-order valence-corrected chi connectivity index (χ4v) is 3.83. The van der Waals surface area contributed by atoms with Crippen LogP contribution in [0.2, 0.25) is 0 Å². The topological polar surface area (TPSA) is 47.4 Å². The van der Waals surface area contributed by atoms with Gasteiger partial charge in [0.15, 0.2) is 0 Å². The van der Waals surface area contributed by atoms with Crippen molar-refractivity contribution in [1.29, 1.82) is 0 Å². The first-order chi connectivity index (χ1) is 12.8. The Hall–Kier alpha value is -2.82. The van der Waals surface area contributed by atoms with Gasteiger partial charge in [0.1, 0.15) is 12.3 Å². The second-order valence-corrected chi connectivity index (χ2v) is 6.75. The molecule has 1 aliphatic rings. The summed E-state index contributed by atoms with van der Waals surface area (Å²) in [5, 5.41) is 1.08. The molecule has 134 valence electrons. The molecule has 3 aromatic rings. The number of benzene rings is 1. The van der Waals surface area contributed by atoms with E-state index in [0.717, 1.165) is 48.0 Å². The molecule has 1 amide bonds. The highest BCUT2D eigenvalue weighted by atomic mass is 16.5. The number of piperidine rings is 1. The first kappa shape index (κ1) is 16.6. The minimum absolute atomic E-state index is 0.131. The number of methoxy groups -OCH3 is 1. The van der Waals surface area contributed by atoms with E-state index in [9.17, 15) is 4.79 Å². The number of nitrogens with zero attached hydrogens (tertiary/aromatic N) is 3. The van der Waals surface area contributed by atoms with Crippen molar-refractivity contribution in [2.75, 3.05) is 13.7 Å². The molecule has 1 fully saturated rings. The Kier molecular flexibility index (Phi) is 4.61. The van der Waals surface area contributed by atoms with Crippen LogP contribution in [0.1, 0.15) is 30.9 Å². The number of amides is 1. The lowest BCUT2D eigenvalue weighted by atomic mass is 9.96. The molecule has 5 nitrogen and oxygen atoms in total. The van der Waals surface area contributed by atoms with E-state index < -0.39 is 0 Å². The molecule has 0 radical (unpaired) electrons. The quantitative estimate of drug-likeness (QED) is 0.720. The maximum atomic E-state index is 13.1. The monoisotopic (exact) mass is 349 g/mol. The highest BCUT2D eigenvalue weighted by Crippen LogP contribution is 2.31. The molecular weight excluding hydrogens is 326 g/mol. The van der Waals surface area contributed by atoms with Crippen LogP contribution in [0.5, 0.6) is 5.75 Å². The number of aromatic nitrogens is 2. The first-order valence-corrected chi connectivity index (χ1v) is 9.08. The van der Waals surface area contributed by atoms with Crippen molar-refractivity contribution in [3.8, 4) is 5.75 Å². The fourth-order valence-electron chi connectivity index (χ4n) is 3.83. The second-order valence-electron chi connectivity index (χ2n) is 6.75. The SMILES string of the molecule is COc1ccc2c(ccn2CC(=O)N2CCCCC2c2cccnc2)c1. The van der Waals surface area contributed by atoms with Crippen LogP contribution in [0.3, 0.4) is 0 Å². The molecule has 3 heterocycles. The number of rotatable bonds is 4. The Morgan fingerprint density at radius 2 is 2.19 bits per heavy atom. The summed E-state index contributed by atoms with van der Waals surface area (Å²) in [6.07, 6.45) is 8.85. The molecule has 0 spiro atoms. The van der Waals surface area contributed by atoms with E-state index in [2.05, 4.69) is 11.1 Å². The van der Waals surface area contributed by atoms with Crippen molar-refractivity contribution in [3.05, 3.63) is 60.6 Å². The maximum absolute atomic E-state index is 13.1. The number of carbonyl (C=O) groups excluding carboxylic acids is 1. The molecule has 1 unspecified atom stereocenters. The number of hydrogen-bond acceptors (Lipinski definition) is 3. The molecule has 5 heteroatoms. The van der Waals surface area contributed by atoms with E-state index in [-0.39, 0.29) is 11.9 Å². The lowest BCUT2D eigenvalue weighted by Gasteiger charge is -2.36. The zero-order valence-corrected chi connectivity index (χ0v) is 15.0. The van der Waals surface area contributed by atoms with Gasteiger partial charge in [-0.25, -0.2) is 0 Å². The van der Waals surface area contributed by atoms with Gasteiger partial charge in [-0.2, -0.15) is 0 Å². The summed E-state index contributed by atoms with van der Waals surface area (Å²) in [4.78, 5) is 19.3. The van der Waals surface area contributed by atoms with Gasteiger partial charge in [0.2, 0.25) is 5.91 Å². The van der Waals surface area contributed by atoms with Crippen LogP contribution >= 0.6 is 0 Å². The van der Waals surface area contributed by atoms with Crippen molar-refractivity contribution in [2.24, 2.45) is 0 Å². The van der Waals surface area contributed by atoms with Gasteiger partial charge in [0.05, 0.1) is 13.2 Å². The van der Waals surface area contributed by atoms with Gasteiger partial charge in [-0.1, -0.05) is 6.07 Å². The summed E-state index contributed by atoms with van der Waals surface area (Å²) in [7, 11) is 1.66. The largest absolute Gasteiger partial charge is 0.497 e. The van der Waals surface area contributed by atoms with E-state index >= 15 is 0 Å². The van der Waals surface area contributed by atoms with E-state index in [0.29, 0.717) is 6.54 Å². The first-order valence-electron chi connectivity index (χ1n) is 9.08. The summed E-state index contributed by atoms with van der Waals surface area (Å²) < 4.78 is 7.30. The number of pyridine rings is 1. The molecular formula is C21H23N3O2. The van der Waals surface area contributed by atoms with Gasteiger partial charge in [0.25, 0.3) is 0 Å². The predicted octanol–water partition coefficient (Wildman–Crippen LogP) is 3.80. The molecule has 0 saturated carbocycles. The molecule has 1 atom stereocenters. The minimum Gasteiger partial charge on any atom is -0.497 e. The Bertz CT molecular complexity index is 904. The van der Waals surface area contributed by atoms with Crippen molar-refractivity contribution >= 4 is 16.8 Å². The molecule has 26 heavy (non-hydrogen) atoms. The molecule has 2 aromatic heterocycles. The third-order valence-corrected chi connectivity index (χ3v) is 5.18. The zero-order valence-electron chi connectivity index (χ0n) is 15.0. The molecule has 0 aliphatic carbocycles. The Balaban J connectivity index is 1.57. The Labute approximate surface area is 153 Å². The third-order valence-electron chi connectivity index (χ3n) is 5.18. The van der Waals surface area contributed by atoms with Crippen LogP contribution in [0.4, 0.5) is 0 Å². The van der Waals surface area contributed by atoms with E-state index in [1.165, 1.54) is 0 Å². The highest BCUT2D eigenvalue weighted by Gasteiger charge is 2.28. The molecule has 1 saturated heterocycles. The molecule has 0 bridgehead atoms. The number of carbonyl (C=O) groups is 1. The van der Waals surface area contributed by atoms with Gasteiger partial charge in [-0.15, -0.1) is 0 Å². The van der Waals surface area contributed by atoms with Gasteiger partial charge in [-0.3, -0.25) is 9.78 Å². The average Bonchev–Trinajstić information content (AvgIpc) is 3.10. The normalized spacial score (nSPS) is 17.4. The van der Waals surface area contributed by atoms with E-state index in [1.54, 1.807) is 13.3 Å². The summed E-state index contributed by atoms with van der Waals surface area (Å²) in [6, 6.07) is 12.1. The number of likely N-dealkylation sites (tertiary alicyclic amines) is 1. The second kappa shape index (κ2) is 7.20. The summed E-state index contributed by atoms with van der Waals surface area (Å²) in [6.45, 7) is 1.16. The highest BCUT2D eigenvalue weighted by molar-refractivity contribution is 5.84. The fraction of sp³-hybridized carbons (Fsp3) is 0.333. The predicted molar refractivity (Wildman–Crippen MR) is 101 cm³/mol. The lowest BCUT2D eigenvalue weighted by molar-refractivity contribution is -0.135. The van der Waals surface area contributed by atoms with Gasteiger partial charge in [-0.05, 0) is 55.2 Å². The summed E-state index contributed by atoms with van der Waals surface area (Å²) in [5.74, 6) is 0.987. The van der Waals surface area contributed by atoms with E-state index in [4.69, 9.17) is 4.74 Å². The van der Waals surface area contributed by atoms with Crippen LogP contribution in [0.15, 0.2) is 55.0 Å². The molecule has 1 aromatic carbocycles. The number of ether oxygens (including phenoxy) is 1. The van der Waals surface area contributed by atoms with Crippen LogP contribution in [-0.2, 0) is 11.3 Å².